The molecule has 2 saturated carbocycles. The molecule has 0 N–H and O–H groups in total. The molecule has 2 fully saturated rings. The topological polar surface area (TPSA) is 52.6 Å². The predicted molar refractivity (Wildman–Crippen MR) is 84.1 cm³/mol. The Morgan fingerprint density at radius 1 is 0.636 bits per heavy atom. The summed E-state index contributed by atoms with van der Waals surface area (Å²) in [6.45, 7) is 8.35. The van der Waals surface area contributed by atoms with Crippen LogP contribution in [0.5, 0.6) is 0 Å². The maximum absolute atomic E-state index is 12.1. The van der Waals surface area contributed by atoms with Crippen molar-refractivity contribution in [2.45, 2.75) is 78.4 Å². The van der Waals surface area contributed by atoms with Gasteiger partial charge in [-0.1, -0.05) is 40.5 Å². The van der Waals surface area contributed by atoms with Crippen molar-refractivity contribution in [2.24, 2.45) is 23.7 Å². The zero-order valence-corrected chi connectivity index (χ0v) is 14.3. The lowest BCUT2D eigenvalue weighted by molar-refractivity contribution is -0.182. The van der Waals surface area contributed by atoms with Crippen LogP contribution in [-0.4, -0.2) is 24.1 Å². The van der Waals surface area contributed by atoms with Crippen LogP contribution in [0, 0.1) is 23.7 Å². The third-order valence-corrected chi connectivity index (χ3v) is 5.53. The van der Waals surface area contributed by atoms with Gasteiger partial charge < -0.3 is 9.47 Å². The molecule has 0 aromatic carbocycles. The van der Waals surface area contributed by atoms with Crippen LogP contribution in [0.2, 0.25) is 0 Å². The van der Waals surface area contributed by atoms with E-state index in [2.05, 4.69) is 27.7 Å². The molecule has 2 aliphatic carbocycles. The first-order valence-electron chi connectivity index (χ1n) is 8.81. The van der Waals surface area contributed by atoms with Crippen LogP contribution in [0.1, 0.15) is 66.2 Å². The molecule has 4 unspecified atom stereocenters. The zero-order valence-electron chi connectivity index (χ0n) is 14.3. The second-order valence-corrected chi connectivity index (χ2v) is 7.51. The molecule has 22 heavy (non-hydrogen) atoms. The van der Waals surface area contributed by atoms with Gasteiger partial charge in [-0.15, -0.1) is 0 Å². The quantitative estimate of drug-likeness (QED) is 0.576. The molecule has 0 aromatic heterocycles. The van der Waals surface area contributed by atoms with Crippen LogP contribution in [0.4, 0.5) is 0 Å². The highest BCUT2D eigenvalue weighted by atomic mass is 16.6. The van der Waals surface area contributed by atoms with Crippen LogP contribution in [0.25, 0.3) is 0 Å². The fourth-order valence-electron chi connectivity index (χ4n) is 4.11. The number of rotatable bonds is 2. The Bertz CT molecular complexity index is 348. The lowest BCUT2D eigenvalue weighted by Crippen LogP contribution is -2.40. The highest BCUT2D eigenvalue weighted by Gasteiger charge is 2.36. The predicted octanol–water partition coefficient (Wildman–Crippen LogP) is 3.72. The number of hydrogen-bond donors (Lipinski definition) is 0. The minimum absolute atomic E-state index is 0.157. The van der Waals surface area contributed by atoms with Gasteiger partial charge in [0.2, 0.25) is 0 Å². The van der Waals surface area contributed by atoms with E-state index in [0.29, 0.717) is 23.7 Å². The van der Waals surface area contributed by atoms with Gasteiger partial charge in [-0.3, -0.25) is 0 Å². The smallest absolute Gasteiger partial charge is 0.417 e. The van der Waals surface area contributed by atoms with E-state index < -0.39 is 11.9 Å². The maximum Gasteiger partial charge on any atom is 0.417 e. The van der Waals surface area contributed by atoms with E-state index in [-0.39, 0.29) is 12.2 Å². The molecule has 126 valence electrons. The van der Waals surface area contributed by atoms with Gasteiger partial charge in [-0.25, -0.2) is 9.59 Å². The molecule has 0 bridgehead atoms. The summed E-state index contributed by atoms with van der Waals surface area (Å²) in [4.78, 5) is 24.2. The largest absolute Gasteiger partial charge is 0.453 e. The third-order valence-electron chi connectivity index (χ3n) is 5.53. The van der Waals surface area contributed by atoms with E-state index >= 15 is 0 Å². The van der Waals surface area contributed by atoms with Crippen molar-refractivity contribution in [1.29, 1.82) is 0 Å². The first kappa shape index (κ1) is 17.3. The van der Waals surface area contributed by atoms with E-state index in [0.717, 1.165) is 38.5 Å². The summed E-state index contributed by atoms with van der Waals surface area (Å²) in [7, 11) is 0. The van der Waals surface area contributed by atoms with Crippen molar-refractivity contribution < 1.29 is 19.1 Å². The second-order valence-electron chi connectivity index (χ2n) is 7.51. The van der Waals surface area contributed by atoms with Gasteiger partial charge in [0, 0.05) is 0 Å². The van der Waals surface area contributed by atoms with Crippen molar-refractivity contribution in [2.75, 3.05) is 0 Å². The van der Waals surface area contributed by atoms with E-state index in [1.165, 1.54) is 0 Å². The Balaban J connectivity index is 1.90. The van der Waals surface area contributed by atoms with E-state index in [9.17, 15) is 9.59 Å². The standard InChI is InChI=1S/C18H30O4/c1-11-7-5-8-12(2)15(11)21-17(19)18(20)22-16-13(3)9-6-10-14(16)4/h11-16H,5-10H2,1-4H3. The molecule has 0 spiro atoms. The molecule has 0 aliphatic heterocycles. The molecule has 0 aromatic rings. The van der Waals surface area contributed by atoms with Gasteiger partial charge in [-0.05, 0) is 49.4 Å². The van der Waals surface area contributed by atoms with Crippen molar-refractivity contribution in [3.8, 4) is 0 Å². The van der Waals surface area contributed by atoms with Crippen LogP contribution in [0.3, 0.4) is 0 Å². The second kappa shape index (κ2) is 7.47. The summed E-state index contributed by atoms with van der Waals surface area (Å²) in [5.41, 5.74) is 0. The Labute approximate surface area is 133 Å². The van der Waals surface area contributed by atoms with E-state index in [1.54, 1.807) is 0 Å². The monoisotopic (exact) mass is 310 g/mol. The van der Waals surface area contributed by atoms with Crippen molar-refractivity contribution >= 4 is 11.9 Å². The Morgan fingerprint density at radius 3 is 1.18 bits per heavy atom. The first-order valence-corrected chi connectivity index (χ1v) is 8.81. The van der Waals surface area contributed by atoms with Gasteiger partial charge in [-0.2, -0.15) is 0 Å². The lowest BCUT2D eigenvalue weighted by Gasteiger charge is -2.35. The summed E-state index contributed by atoms with van der Waals surface area (Å²) in [6.07, 6.45) is 6.21. The van der Waals surface area contributed by atoms with Crippen LogP contribution in [0.15, 0.2) is 0 Å². The van der Waals surface area contributed by atoms with E-state index in [4.69, 9.17) is 9.47 Å². The normalized spacial score (nSPS) is 39.1. The number of carbonyl (C=O) groups excluding carboxylic acids is 2. The van der Waals surface area contributed by atoms with E-state index in [1.807, 2.05) is 0 Å². The van der Waals surface area contributed by atoms with Gasteiger partial charge in [0.15, 0.2) is 0 Å². The average Bonchev–Trinajstić information content (AvgIpc) is 2.46. The Morgan fingerprint density at radius 2 is 0.909 bits per heavy atom. The van der Waals surface area contributed by atoms with Gasteiger partial charge >= 0.3 is 11.9 Å². The molecule has 2 aliphatic rings. The molecule has 4 heteroatoms. The van der Waals surface area contributed by atoms with Crippen molar-refractivity contribution in [3.05, 3.63) is 0 Å². The average molecular weight is 310 g/mol. The van der Waals surface area contributed by atoms with Crippen LogP contribution < -0.4 is 0 Å². The molecule has 0 saturated heterocycles. The maximum atomic E-state index is 12.1. The minimum Gasteiger partial charge on any atom is -0.453 e. The molecule has 0 amide bonds. The van der Waals surface area contributed by atoms with Crippen LogP contribution in [-0.2, 0) is 19.1 Å². The highest BCUT2D eigenvalue weighted by Crippen LogP contribution is 2.33. The Hall–Kier alpha value is -1.06. The fraction of sp³-hybridized carbons (Fsp3) is 0.889. The Kier molecular flexibility index (Phi) is 5.87. The summed E-state index contributed by atoms with van der Waals surface area (Å²) >= 11 is 0. The molecule has 0 radical (unpaired) electrons. The summed E-state index contributed by atoms with van der Waals surface area (Å²) in [5.74, 6) is -0.367. The van der Waals surface area contributed by atoms with Crippen molar-refractivity contribution in [1.82, 2.24) is 0 Å². The fourth-order valence-corrected chi connectivity index (χ4v) is 4.11. The van der Waals surface area contributed by atoms with Crippen LogP contribution >= 0.6 is 0 Å². The first-order chi connectivity index (χ1) is 10.4. The van der Waals surface area contributed by atoms with Gasteiger partial charge in [0.25, 0.3) is 0 Å². The number of carbonyl (C=O) groups is 2. The molecule has 0 heterocycles. The molecular formula is C18H30O4. The third kappa shape index (κ3) is 4.02. The molecule has 4 atom stereocenters. The molecular weight excluding hydrogens is 280 g/mol. The van der Waals surface area contributed by atoms with Gasteiger partial charge in [0.1, 0.15) is 12.2 Å². The summed E-state index contributed by atoms with van der Waals surface area (Å²) in [6, 6.07) is 0. The number of hydrogen-bond acceptors (Lipinski definition) is 4. The minimum atomic E-state index is -0.810. The zero-order chi connectivity index (χ0) is 16.3. The molecule has 2 rings (SSSR count). The lowest BCUT2D eigenvalue weighted by atomic mass is 9.80. The van der Waals surface area contributed by atoms with Gasteiger partial charge in [0.05, 0.1) is 0 Å². The summed E-state index contributed by atoms with van der Waals surface area (Å²) in [5, 5.41) is 0. The number of esters is 2. The van der Waals surface area contributed by atoms with Crippen molar-refractivity contribution in [3.63, 3.8) is 0 Å². The summed E-state index contributed by atoms with van der Waals surface area (Å²) < 4.78 is 11.0. The molecule has 4 nitrogen and oxygen atoms in total. The number of ether oxygens (including phenoxy) is 2. The SMILES string of the molecule is CC1CCCC(C)C1OC(=O)C(=O)OC1C(C)CCCC1C. The highest BCUT2D eigenvalue weighted by molar-refractivity contribution is 6.29.